The summed E-state index contributed by atoms with van der Waals surface area (Å²) in [5.74, 6) is -1.11. The summed E-state index contributed by atoms with van der Waals surface area (Å²) in [6.45, 7) is 3.24. The zero-order valence-corrected chi connectivity index (χ0v) is 38.6. The van der Waals surface area contributed by atoms with E-state index < -0.39 is 75.7 Å². The normalized spacial score (nSPS) is 22.3. The van der Waals surface area contributed by atoms with Gasteiger partial charge >= 0.3 is 19.8 Å². The number of esters is 2. The number of aliphatic hydroxyl groups is 5. The quantitative estimate of drug-likeness (QED) is 0.0147. The van der Waals surface area contributed by atoms with Crippen LogP contribution < -0.4 is 0 Å². The monoisotopic (exact) mass is 889 g/mol. The summed E-state index contributed by atoms with van der Waals surface area (Å²) in [5.41, 5.74) is 0. The second-order valence-corrected chi connectivity index (χ2v) is 18.0. The molecule has 6 N–H and O–H groups in total. The van der Waals surface area contributed by atoms with Crippen LogP contribution >= 0.6 is 7.82 Å². The molecule has 0 aliphatic heterocycles. The van der Waals surface area contributed by atoms with Gasteiger partial charge in [0.2, 0.25) is 0 Å². The van der Waals surface area contributed by atoms with E-state index in [0.29, 0.717) is 12.8 Å². The molecule has 14 heteroatoms. The van der Waals surface area contributed by atoms with Crippen LogP contribution in [0.3, 0.4) is 0 Å². The Balaban J connectivity index is 2.41. The molecular weight excluding hydrogens is 803 g/mol. The molecule has 1 aliphatic rings. The molecule has 61 heavy (non-hydrogen) atoms. The third-order valence-corrected chi connectivity index (χ3v) is 11.9. The third-order valence-electron chi connectivity index (χ3n) is 11.0. The first-order valence-corrected chi connectivity index (χ1v) is 25.3. The summed E-state index contributed by atoms with van der Waals surface area (Å²) in [6.07, 6.45) is 29.2. The standard InChI is InChI=1S/C47H85O13P/c1-3-5-7-9-11-13-15-16-17-18-19-20-21-22-23-24-26-28-30-32-34-36-41(49)59-39(37-57-40(48)35-33-31-29-27-25-14-12-10-8-6-4-2)38-58-61(55,56)60-47-45(53)43(51)42(50)44(52)46(47)54/h10,12,15-16,18-19,39,42-47,50-54H,3-9,11,13-14,17,20-38H2,1-2H3,(H,55,56)/b12-10-,16-15-,19-18-. The Labute approximate surface area is 368 Å². The number of hydrogen-bond donors (Lipinski definition) is 6. The average Bonchev–Trinajstić information content (AvgIpc) is 3.24. The molecule has 0 heterocycles. The van der Waals surface area contributed by atoms with Crippen LogP contribution in [0.15, 0.2) is 36.5 Å². The molecule has 0 aromatic rings. The van der Waals surface area contributed by atoms with Crippen molar-refractivity contribution in [2.24, 2.45) is 0 Å². The van der Waals surface area contributed by atoms with Gasteiger partial charge in [-0.05, 0) is 64.2 Å². The summed E-state index contributed by atoms with van der Waals surface area (Å²) in [6, 6.07) is 0. The fraction of sp³-hybridized carbons (Fsp3) is 0.830. The number of carbonyl (C=O) groups is 2. The Bertz CT molecular complexity index is 1210. The van der Waals surface area contributed by atoms with Crippen molar-refractivity contribution < 1.29 is 63.1 Å². The lowest BCUT2D eigenvalue weighted by Crippen LogP contribution is -2.64. The largest absolute Gasteiger partial charge is 0.472 e. The van der Waals surface area contributed by atoms with Gasteiger partial charge < -0.3 is 39.9 Å². The highest BCUT2D eigenvalue weighted by molar-refractivity contribution is 7.47. The van der Waals surface area contributed by atoms with Crippen LogP contribution in [0.4, 0.5) is 0 Å². The van der Waals surface area contributed by atoms with Gasteiger partial charge in [0.25, 0.3) is 0 Å². The van der Waals surface area contributed by atoms with Gasteiger partial charge in [-0.3, -0.25) is 18.6 Å². The van der Waals surface area contributed by atoms with Crippen LogP contribution in [0, 0.1) is 0 Å². The molecule has 1 saturated carbocycles. The molecule has 0 aromatic heterocycles. The van der Waals surface area contributed by atoms with Crippen LogP contribution in [0.1, 0.15) is 194 Å². The summed E-state index contributed by atoms with van der Waals surface area (Å²) in [5, 5.41) is 50.1. The highest BCUT2D eigenvalue weighted by Gasteiger charge is 2.51. The van der Waals surface area contributed by atoms with Crippen molar-refractivity contribution in [3.63, 3.8) is 0 Å². The maximum absolute atomic E-state index is 12.8. The van der Waals surface area contributed by atoms with Crippen molar-refractivity contribution in [3.05, 3.63) is 36.5 Å². The highest BCUT2D eigenvalue weighted by atomic mass is 31.2. The minimum atomic E-state index is -5.12. The second kappa shape index (κ2) is 37.4. The number of allylic oxidation sites excluding steroid dienone is 6. The summed E-state index contributed by atoms with van der Waals surface area (Å²) >= 11 is 0. The number of carbonyl (C=O) groups excluding carboxylic acids is 2. The van der Waals surface area contributed by atoms with Gasteiger partial charge in [0, 0.05) is 12.8 Å². The molecule has 0 saturated heterocycles. The van der Waals surface area contributed by atoms with E-state index in [4.69, 9.17) is 18.5 Å². The number of phosphoric ester groups is 1. The Morgan fingerprint density at radius 3 is 1.39 bits per heavy atom. The molecule has 13 nitrogen and oxygen atoms in total. The Morgan fingerprint density at radius 2 is 0.902 bits per heavy atom. The van der Waals surface area contributed by atoms with Gasteiger partial charge in [-0.15, -0.1) is 0 Å². The minimum Gasteiger partial charge on any atom is -0.462 e. The highest BCUT2D eigenvalue weighted by Crippen LogP contribution is 2.47. The van der Waals surface area contributed by atoms with Gasteiger partial charge in [0.05, 0.1) is 6.61 Å². The van der Waals surface area contributed by atoms with E-state index in [1.807, 2.05) is 0 Å². The Kier molecular flexibility index (Phi) is 35.0. The van der Waals surface area contributed by atoms with Crippen LogP contribution in [-0.2, 0) is 32.7 Å². The van der Waals surface area contributed by atoms with Gasteiger partial charge in [-0.2, -0.15) is 0 Å². The fourth-order valence-electron chi connectivity index (χ4n) is 7.06. The van der Waals surface area contributed by atoms with Gasteiger partial charge in [-0.1, -0.05) is 153 Å². The SMILES string of the molecule is CCCC/C=C\CCCCCCCC(=O)OCC(COP(=O)(O)OC1C(O)C(O)C(O)C(O)C1O)OC(=O)CCCCCCCCCCC/C=C\C/C=C\CCCCCCC. The van der Waals surface area contributed by atoms with E-state index in [2.05, 4.69) is 50.3 Å². The van der Waals surface area contributed by atoms with Gasteiger partial charge in [0.15, 0.2) is 6.10 Å². The lowest BCUT2D eigenvalue weighted by atomic mass is 9.85. The first kappa shape index (κ1) is 57.1. The molecule has 1 fully saturated rings. The zero-order chi connectivity index (χ0) is 45.0. The fourth-order valence-corrected chi connectivity index (χ4v) is 8.04. The van der Waals surface area contributed by atoms with E-state index in [9.17, 15) is 44.6 Å². The van der Waals surface area contributed by atoms with Gasteiger partial charge in [-0.25, -0.2) is 4.57 Å². The van der Waals surface area contributed by atoms with Crippen molar-refractivity contribution in [2.75, 3.05) is 13.2 Å². The van der Waals surface area contributed by atoms with Crippen LogP contribution in [0.2, 0.25) is 0 Å². The summed E-state index contributed by atoms with van der Waals surface area (Å²) < 4.78 is 33.5. The molecule has 0 amide bonds. The molecule has 1 aliphatic carbocycles. The number of phosphoric acid groups is 1. The molecule has 6 unspecified atom stereocenters. The maximum Gasteiger partial charge on any atom is 0.472 e. The molecule has 6 atom stereocenters. The van der Waals surface area contributed by atoms with Crippen molar-refractivity contribution in [3.8, 4) is 0 Å². The number of unbranched alkanes of at least 4 members (excludes halogenated alkanes) is 21. The zero-order valence-electron chi connectivity index (χ0n) is 37.7. The van der Waals surface area contributed by atoms with E-state index in [1.165, 1.54) is 77.0 Å². The molecule has 0 bridgehead atoms. The van der Waals surface area contributed by atoms with Crippen molar-refractivity contribution in [1.29, 1.82) is 0 Å². The predicted octanol–water partition coefficient (Wildman–Crippen LogP) is 9.39. The molecule has 1 rings (SSSR count). The number of ether oxygens (including phenoxy) is 2. The lowest BCUT2D eigenvalue weighted by Gasteiger charge is -2.41. The Hall–Kier alpha value is -1.93. The number of aliphatic hydroxyl groups excluding tert-OH is 5. The lowest BCUT2D eigenvalue weighted by molar-refractivity contribution is -0.220. The molecule has 0 aromatic carbocycles. The van der Waals surface area contributed by atoms with E-state index in [-0.39, 0.29) is 12.8 Å². The van der Waals surface area contributed by atoms with Crippen LogP contribution in [-0.4, -0.2) is 98.3 Å². The molecule has 0 radical (unpaired) electrons. The van der Waals surface area contributed by atoms with Crippen LogP contribution in [0.5, 0.6) is 0 Å². The average molecular weight is 889 g/mol. The van der Waals surface area contributed by atoms with E-state index in [0.717, 1.165) is 77.0 Å². The molecular formula is C47H85O13P. The first-order chi connectivity index (χ1) is 29.4. The maximum atomic E-state index is 12.8. The van der Waals surface area contributed by atoms with Gasteiger partial charge in [0.1, 0.15) is 43.2 Å². The van der Waals surface area contributed by atoms with Crippen molar-refractivity contribution in [1.82, 2.24) is 0 Å². The molecule has 0 spiro atoms. The smallest absolute Gasteiger partial charge is 0.462 e. The summed E-state index contributed by atoms with van der Waals surface area (Å²) in [7, 11) is -5.12. The van der Waals surface area contributed by atoms with Crippen molar-refractivity contribution >= 4 is 19.8 Å². The number of rotatable bonds is 39. The minimum absolute atomic E-state index is 0.0905. The first-order valence-electron chi connectivity index (χ1n) is 23.8. The predicted molar refractivity (Wildman–Crippen MR) is 240 cm³/mol. The van der Waals surface area contributed by atoms with Crippen molar-refractivity contribution in [2.45, 2.75) is 236 Å². The Morgan fingerprint density at radius 1 is 0.508 bits per heavy atom. The summed E-state index contributed by atoms with van der Waals surface area (Å²) in [4.78, 5) is 35.7. The third kappa shape index (κ3) is 30.0. The second-order valence-electron chi connectivity index (χ2n) is 16.6. The molecule has 356 valence electrons. The van der Waals surface area contributed by atoms with E-state index >= 15 is 0 Å². The van der Waals surface area contributed by atoms with E-state index in [1.54, 1.807) is 0 Å². The van der Waals surface area contributed by atoms with Crippen LogP contribution in [0.25, 0.3) is 0 Å². The topological polar surface area (TPSA) is 210 Å². The number of hydrogen-bond acceptors (Lipinski definition) is 12.